The molecule has 1 aromatic rings. The van der Waals surface area contributed by atoms with Crippen LogP contribution < -0.4 is 5.32 Å². The summed E-state index contributed by atoms with van der Waals surface area (Å²) in [5, 5.41) is 10.9. The summed E-state index contributed by atoms with van der Waals surface area (Å²) in [5.74, 6) is 0. The molecule has 0 bridgehead atoms. The molecule has 2 nitrogen and oxygen atoms in total. The molecule has 0 spiro atoms. The van der Waals surface area contributed by atoms with Gasteiger partial charge in [-0.15, -0.1) is 12.4 Å². The van der Waals surface area contributed by atoms with Crippen molar-refractivity contribution in [3.63, 3.8) is 0 Å². The summed E-state index contributed by atoms with van der Waals surface area (Å²) < 4.78 is 46.8. The predicted octanol–water partition coefficient (Wildman–Crippen LogP) is 2.54. The zero-order valence-corrected chi connectivity index (χ0v) is 8.97. The number of halogens is 1. The van der Waals surface area contributed by atoms with E-state index < -0.39 is 19.2 Å². The molecule has 1 rings (SSSR count). The fourth-order valence-corrected chi connectivity index (χ4v) is 0.953. The molecule has 0 saturated heterocycles. The van der Waals surface area contributed by atoms with E-state index in [1.165, 1.54) is 12.1 Å². The van der Waals surface area contributed by atoms with E-state index in [1.54, 1.807) is 18.2 Å². The predicted molar refractivity (Wildman–Crippen MR) is 65.1 cm³/mol. The Balaban J connectivity index is 0.00000400. The van der Waals surface area contributed by atoms with Gasteiger partial charge in [-0.05, 0) is 18.8 Å². The lowest BCUT2D eigenvalue weighted by Gasteiger charge is -2.12. The first kappa shape index (κ1) is 6.52. The summed E-state index contributed by atoms with van der Waals surface area (Å²) in [7, 11) is 0. The zero-order valence-electron chi connectivity index (χ0n) is 14.2. The quantitative estimate of drug-likeness (QED) is 0.790. The summed E-state index contributed by atoms with van der Waals surface area (Å²) in [6.07, 6.45) is -2.43. The number of hydrogen-bond acceptors (Lipinski definition) is 2. The van der Waals surface area contributed by atoms with Gasteiger partial charge in [-0.2, -0.15) is 5.26 Å². The first-order valence-electron chi connectivity index (χ1n) is 7.34. The Kier molecular flexibility index (Phi) is 3.60. The minimum absolute atomic E-state index is 0. The van der Waals surface area contributed by atoms with Crippen molar-refractivity contribution in [2.75, 3.05) is 6.54 Å². The summed E-state index contributed by atoms with van der Waals surface area (Å²) in [6, 6.07) is 7.05. The number of nitrogens with one attached hydrogen (secondary N) is 1. The van der Waals surface area contributed by atoms with Crippen LogP contribution in [0.5, 0.6) is 0 Å². The highest BCUT2D eigenvalue weighted by Gasteiger charge is 2.01. The number of nitrogens with zero attached hydrogens (tertiary/aromatic N) is 1. The number of benzene rings is 1. The Hall–Kier alpha value is -1.04. The van der Waals surface area contributed by atoms with Crippen molar-refractivity contribution in [3.05, 3.63) is 35.9 Å². The highest BCUT2D eigenvalue weighted by atomic mass is 35.5. The molecule has 1 N–H and O–H groups in total. The van der Waals surface area contributed by atoms with Crippen molar-refractivity contribution < 1.29 is 8.22 Å². The number of nitriles is 1. The lowest BCUT2D eigenvalue weighted by molar-refractivity contribution is 0.553. The molecular formula is C12H17ClN2. The van der Waals surface area contributed by atoms with E-state index in [2.05, 4.69) is 5.32 Å². The lowest BCUT2D eigenvalue weighted by atomic mass is 10.1. The molecule has 0 saturated carbocycles. The van der Waals surface area contributed by atoms with Gasteiger partial charge in [0.05, 0.1) is 6.07 Å². The van der Waals surface area contributed by atoms with Crippen LogP contribution >= 0.6 is 12.4 Å². The standard InChI is InChI=1S/C12H16N2.ClH/c1-11(14-9-5-8-13)10-12-6-3-2-4-7-12;/h2-4,6-7,11,14H,5,9-10H2,1H3;1H/i1D3,10D2,11D;. The molecule has 1 atom stereocenters. The third kappa shape index (κ3) is 6.11. The van der Waals surface area contributed by atoms with Gasteiger partial charge < -0.3 is 5.32 Å². The second kappa shape index (κ2) is 8.28. The van der Waals surface area contributed by atoms with Gasteiger partial charge in [0.15, 0.2) is 0 Å². The molecule has 0 amide bonds. The lowest BCUT2D eigenvalue weighted by Crippen LogP contribution is -2.28. The van der Waals surface area contributed by atoms with Crippen LogP contribution in [0.25, 0.3) is 0 Å². The third-order valence-electron chi connectivity index (χ3n) is 1.58. The van der Waals surface area contributed by atoms with Gasteiger partial charge in [0.25, 0.3) is 0 Å². The molecule has 3 heteroatoms. The van der Waals surface area contributed by atoms with Crippen molar-refractivity contribution >= 4 is 12.4 Å². The second-order valence-corrected chi connectivity index (χ2v) is 2.70. The number of rotatable bonds is 5. The zero-order chi connectivity index (χ0) is 15.4. The first-order valence-corrected chi connectivity index (χ1v) is 4.34. The van der Waals surface area contributed by atoms with Gasteiger partial charge in [-0.1, -0.05) is 30.3 Å². The van der Waals surface area contributed by atoms with Gasteiger partial charge in [-0.3, -0.25) is 0 Å². The topological polar surface area (TPSA) is 35.8 Å². The van der Waals surface area contributed by atoms with E-state index in [4.69, 9.17) is 13.5 Å². The average molecular weight is 231 g/mol. The van der Waals surface area contributed by atoms with Crippen LogP contribution in [0.15, 0.2) is 30.3 Å². The Morgan fingerprint density at radius 2 is 2.33 bits per heavy atom. The summed E-state index contributed by atoms with van der Waals surface area (Å²) >= 11 is 0. The van der Waals surface area contributed by atoms with Gasteiger partial charge in [-0.25, -0.2) is 0 Å². The Labute approximate surface area is 106 Å². The maximum absolute atomic E-state index is 8.50. The minimum atomic E-state index is -2.89. The maximum Gasteiger partial charge on any atom is 0.0635 e. The maximum atomic E-state index is 8.50. The fourth-order valence-electron chi connectivity index (χ4n) is 0.953. The monoisotopic (exact) mass is 230 g/mol. The van der Waals surface area contributed by atoms with Crippen molar-refractivity contribution in [1.29, 1.82) is 5.26 Å². The molecule has 0 heterocycles. The van der Waals surface area contributed by atoms with Crippen molar-refractivity contribution in [2.45, 2.75) is 25.7 Å². The van der Waals surface area contributed by atoms with Crippen molar-refractivity contribution in [2.24, 2.45) is 0 Å². The third-order valence-corrected chi connectivity index (χ3v) is 1.58. The van der Waals surface area contributed by atoms with Gasteiger partial charge in [0.2, 0.25) is 0 Å². The van der Waals surface area contributed by atoms with Crippen molar-refractivity contribution in [3.8, 4) is 6.07 Å². The second-order valence-electron chi connectivity index (χ2n) is 2.70. The van der Waals surface area contributed by atoms with Gasteiger partial charge in [0, 0.05) is 27.2 Å². The van der Waals surface area contributed by atoms with Gasteiger partial charge in [0.1, 0.15) is 0 Å². The van der Waals surface area contributed by atoms with Crippen LogP contribution in [-0.2, 0) is 6.37 Å². The van der Waals surface area contributed by atoms with E-state index in [0.29, 0.717) is 0 Å². The Morgan fingerprint density at radius 3 is 2.93 bits per heavy atom. The smallest absolute Gasteiger partial charge is 0.0635 e. The fraction of sp³-hybridized carbons (Fsp3) is 0.417. The molecule has 0 aliphatic heterocycles. The average Bonchev–Trinajstić information content (AvgIpc) is 2.38. The number of hydrogen-bond donors (Lipinski definition) is 1. The minimum Gasteiger partial charge on any atom is -0.313 e. The van der Waals surface area contributed by atoms with E-state index in [-0.39, 0.29) is 30.9 Å². The normalized spacial score (nSPS) is 21.0. The van der Waals surface area contributed by atoms with Crippen LogP contribution in [0.2, 0.25) is 0 Å². The first-order chi connectivity index (χ1) is 9.17. The highest BCUT2D eigenvalue weighted by molar-refractivity contribution is 5.85. The molecule has 0 aromatic heterocycles. The molecule has 0 aliphatic carbocycles. The van der Waals surface area contributed by atoms with Crippen LogP contribution in [0, 0.1) is 11.3 Å². The molecule has 0 fully saturated rings. The van der Waals surface area contributed by atoms with E-state index in [9.17, 15) is 0 Å². The highest BCUT2D eigenvalue weighted by Crippen LogP contribution is 2.02. The van der Waals surface area contributed by atoms with Crippen LogP contribution in [0.1, 0.15) is 27.1 Å². The molecule has 1 aromatic carbocycles. The summed E-state index contributed by atoms with van der Waals surface area (Å²) in [4.78, 5) is 0. The Morgan fingerprint density at radius 1 is 1.60 bits per heavy atom. The van der Waals surface area contributed by atoms with Crippen LogP contribution in [-0.4, -0.2) is 12.6 Å². The van der Waals surface area contributed by atoms with Crippen LogP contribution in [0.3, 0.4) is 0 Å². The van der Waals surface area contributed by atoms with Crippen molar-refractivity contribution in [1.82, 2.24) is 5.32 Å². The molecule has 15 heavy (non-hydrogen) atoms. The van der Waals surface area contributed by atoms with E-state index in [1.807, 2.05) is 6.07 Å². The van der Waals surface area contributed by atoms with Crippen LogP contribution in [0.4, 0.5) is 0 Å². The summed E-state index contributed by atoms with van der Waals surface area (Å²) in [5.41, 5.74) is 0.107. The molecule has 0 radical (unpaired) electrons. The molecule has 82 valence electrons. The largest absolute Gasteiger partial charge is 0.313 e. The van der Waals surface area contributed by atoms with E-state index >= 15 is 0 Å². The molecule has 0 aliphatic rings. The SMILES string of the molecule is Cl.[2H]C([2H])([2H])C([2H])(NCCC#N)C([2H])([2H])c1ccccc1. The van der Waals surface area contributed by atoms with E-state index in [0.717, 1.165) is 0 Å². The summed E-state index contributed by atoms with van der Waals surface area (Å²) in [6.45, 7) is -2.95. The molecule has 1 unspecified atom stereocenters. The molecular weight excluding hydrogens is 208 g/mol. The Bertz CT molecular complexity index is 485. The van der Waals surface area contributed by atoms with Gasteiger partial charge >= 0.3 is 0 Å².